The predicted octanol–water partition coefficient (Wildman–Crippen LogP) is 2.31. The van der Waals surface area contributed by atoms with Gasteiger partial charge in [-0.05, 0) is 64.8 Å². The maximum absolute atomic E-state index is 12.3. The van der Waals surface area contributed by atoms with Crippen LogP contribution < -0.4 is 4.72 Å². The number of aryl methyl sites for hydroxylation is 2. The van der Waals surface area contributed by atoms with Crippen molar-refractivity contribution in [1.29, 1.82) is 0 Å². The maximum atomic E-state index is 12.3. The molecule has 0 radical (unpaired) electrons. The van der Waals surface area contributed by atoms with Gasteiger partial charge in [-0.25, -0.2) is 8.42 Å². The van der Waals surface area contributed by atoms with Crippen LogP contribution in [0.1, 0.15) is 38.8 Å². The molecule has 118 valence electrons. The van der Waals surface area contributed by atoms with E-state index in [4.69, 9.17) is 4.74 Å². The van der Waals surface area contributed by atoms with Gasteiger partial charge >= 0.3 is 5.97 Å². The number of rotatable bonds is 4. The highest BCUT2D eigenvalue weighted by molar-refractivity contribution is 7.89. The third-order valence-electron chi connectivity index (χ3n) is 2.60. The molecule has 0 heterocycles. The van der Waals surface area contributed by atoms with Crippen molar-refractivity contribution in [2.45, 2.75) is 58.1 Å². The second kappa shape index (κ2) is 6.15. The highest BCUT2D eigenvalue weighted by Gasteiger charge is 2.26. The highest BCUT2D eigenvalue weighted by atomic mass is 32.2. The summed E-state index contributed by atoms with van der Waals surface area (Å²) >= 11 is 0. The molecule has 5 nitrogen and oxygen atoms in total. The number of hydrogen-bond acceptors (Lipinski definition) is 4. The minimum atomic E-state index is -3.76. The van der Waals surface area contributed by atoms with E-state index >= 15 is 0 Å². The van der Waals surface area contributed by atoms with Crippen LogP contribution in [0.4, 0.5) is 0 Å². The summed E-state index contributed by atoms with van der Waals surface area (Å²) in [7, 11) is -3.76. The van der Waals surface area contributed by atoms with E-state index in [0.29, 0.717) is 0 Å². The number of nitrogens with one attached hydrogen (secondary N) is 1. The zero-order valence-electron chi connectivity index (χ0n) is 13.4. The van der Waals surface area contributed by atoms with Crippen molar-refractivity contribution in [3.63, 3.8) is 0 Å². The molecule has 0 aromatic heterocycles. The van der Waals surface area contributed by atoms with Crippen molar-refractivity contribution in [3.05, 3.63) is 29.3 Å². The standard InChI is InChI=1S/C15H23NO4S/c1-10-7-11(2)9-13(8-10)21(18,19)16-12(3)14(17)20-15(4,5)6/h7-9,12,16H,1-6H3/t12-/m1/s1. The first-order valence-corrected chi connectivity index (χ1v) is 8.22. The summed E-state index contributed by atoms with van der Waals surface area (Å²) in [5.74, 6) is -0.601. The minimum absolute atomic E-state index is 0.149. The van der Waals surface area contributed by atoms with Crippen LogP contribution in [-0.4, -0.2) is 26.0 Å². The lowest BCUT2D eigenvalue weighted by molar-refractivity contribution is -0.156. The van der Waals surface area contributed by atoms with Crippen LogP contribution in [0.15, 0.2) is 23.1 Å². The number of carbonyl (C=O) groups excluding carboxylic acids is 1. The Bertz CT molecular complexity index is 609. The summed E-state index contributed by atoms with van der Waals surface area (Å²) in [5.41, 5.74) is 1.04. The Kier molecular flexibility index (Phi) is 5.17. The van der Waals surface area contributed by atoms with Crippen molar-refractivity contribution in [1.82, 2.24) is 4.72 Å². The van der Waals surface area contributed by atoms with E-state index < -0.39 is 27.6 Å². The first-order valence-electron chi connectivity index (χ1n) is 6.74. The molecule has 0 spiro atoms. The third kappa shape index (κ3) is 5.47. The molecule has 0 unspecified atom stereocenters. The molecule has 0 amide bonds. The Morgan fingerprint density at radius 1 is 1.14 bits per heavy atom. The highest BCUT2D eigenvalue weighted by Crippen LogP contribution is 2.15. The molecular weight excluding hydrogens is 290 g/mol. The largest absolute Gasteiger partial charge is 0.459 e. The van der Waals surface area contributed by atoms with E-state index in [-0.39, 0.29) is 4.90 Å². The van der Waals surface area contributed by atoms with E-state index in [1.54, 1.807) is 32.9 Å². The van der Waals surface area contributed by atoms with Gasteiger partial charge in [-0.1, -0.05) is 6.07 Å². The van der Waals surface area contributed by atoms with Gasteiger partial charge in [0.1, 0.15) is 11.6 Å². The lowest BCUT2D eigenvalue weighted by Gasteiger charge is -2.22. The van der Waals surface area contributed by atoms with Gasteiger partial charge in [-0.15, -0.1) is 0 Å². The molecule has 0 saturated carbocycles. The summed E-state index contributed by atoms with van der Waals surface area (Å²) in [6.45, 7) is 10.3. The molecule has 1 aromatic rings. The van der Waals surface area contributed by atoms with Crippen LogP contribution in [0.25, 0.3) is 0 Å². The fourth-order valence-corrected chi connectivity index (χ4v) is 3.21. The van der Waals surface area contributed by atoms with Crippen LogP contribution in [0.5, 0.6) is 0 Å². The summed E-state index contributed by atoms with van der Waals surface area (Å²) < 4.78 is 32.1. The van der Waals surface area contributed by atoms with E-state index in [9.17, 15) is 13.2 Å². The number of carbonyl (C=O) groups is 1. The molecule has 6 heteroatoms. The Labute approximate surface area is 126 Å². The van der Waals surface area contributed by atoms with E-state index in [0.717, 1.165) is 11.1 Å². The van der Waals surface area contributed by atoms with E-state index in [1.807, 2.05) is 19.9 Å². The van der Waals surface area contributed by atoms with Crippen molar-refractivity contribution in [3.8, 4) is 0 Å². The van der Waals surface area contributed by atoms with E-state index in [2.05, 4.69) is 4.72 Å². The first kappa shape index (κ1) is 17.7. The van der Waals surface area contributed by atoms with Crippen molar-refractivity contribution < 1.29 is 17.9 Å². The van der Waals surface area contributed by atoms with Gasteiger partial charge in [0.25, 0.3) is 0 Å². The molecule has 1 rings (SSSR count). The molecule has 0 saturated heterocycles. The summed E-state index contributed by atoms with van der Waals surface area (Å²) in [4.78, 5) is 12.0. The van der Waals surface area contributed by atoms with Crippen LogP contribution in [0, 0.1) is 13.8 Å². The lowest BCUT2D eigenvalue weighted by Crippen LogP contribution is -2.42. The van der Waals surface area contributed by atoms with Gasteiger partial charge < -0.3 is 4.74 Å². The Morgan fingerprint density at radius 3 is 2.05 bits per heavy atom. The molecule has 0 aliphatic heterocycles. The normalized spacial score (nSPS) is 13.8. The number of benzene rings is 1. The monoisotopic (exact) mass is 313 g/mol. The third-order valence-corrected chi connectivity index (χ3v) is 4.12. The zero-order chi connectivity index (χ0) is 16.4. The van der Waals surface area contributed by atoms with Gasteiger partial charge in [0, 0.05) is 0 Å². The fourth-order valence-electron chi connectivity index (χ4n) is 1.83. The van der Waals surface area contributed by atoms with Gasteiger partial charge in [-0.2, -0.15) is 4.72 Å². The fraction of sp³-hybridized carbons (Fsp3) is 0.533. The molecule has 1 N–H and O–H groups in total. The van der Waals surface area contributed by atoms with E-state index in [1.165, 1.54) is 6.92 Å². The quantitative estimate of drug-likeness (QED) is 0.866. The number of hydrogen-bond donors (Lipinski definition) is 1. The smallest absolute Gasteiger partial charge is 0.324 e. The Hall–Kier alpha value is -1.40. The molecule has 0 aliphatic rings. The Morgan fingerprint density at radius 2 is 1.62 bits per heavy atom. The lowest BCUT2D eigenvalue weighted by atomic mass is 10.2. The van der Waals surface area contributed by atoms with Gasteiger partial charge in [-0.3, -0.25) is 4.79 Å². The first-order chi connectivity index (χ1) is 9.40. The molecule has 21 heavy (non-hydrogen) atoms. The molecular formula is C15H23NO4S. The summed E-state index contributed by atoms with van der Waals surface area (Å²) in [6.07, 6.45) is 0. The van der Waals surface area contributed by atoms with Gasteiger partial charge in [0.05, 0.1) is 4.90 Å². The van der Waals surface area contributed by atoms with Crippen molar-refractivity contribution >= 4 is 16.0 Å². The van der Waals surface area contributed by atoms with Crippen LogP contribution in [-0.2, 0) is 19.6 Å². The van der Waals surface area contributed by atoms with Gasteiger partial charge in [0.2, 0.25) is 10.0 Å². The average Bonchev–Trinajstić information content (AvgIpc) is 2.24. The maximum Gasteiger partial charge on any atom is 0.324 e. The SMILES string of the molecule is Cc1cc(C)cc(S(=O)(=O)N[C@H](C)C(=O)OC(C)(C)C)c1. The molecule has 1 aromatic carbocycles. The second-order valence-corrected chi connectivity index (χ2v) is 7.91. The van der Waals surface area contributed by atoms with Crippen LogP contribution in [0.2, 0.25) is 0 Å². The topological polar surface area (TPSA) is 72.5 Å². The molecule has 0 aliphatic carbocycles. The number of esters is 1. The van der Waals surface area contributed by atoms with Crippen molar-refractivity contribution in [2.75, 3.05) is 0 Å². The predicted molar refractivity (Wildman–Crippen MR) is 81.5 cm³/mol. The zero-order valence-corrected chi connectivity index (χ0v) is 14.2. The minimum Gasteiger partial charge on any atom is -0.459 e. The summed E-state index contributed by atoms with van der Waals surface area (Å²) in [6, 6.07) is 4.07. The average molecular weight is 313 g/mol. The van der Waals surface area contributed by atoms with Gasteiger partial charge in [0.15, 0.2) is 0 Å². The second-order valence-electron chi connectivity index (χ2n) is 6.20. The Balaban J connectivity index is 2.92. The number of ether oxygens (including phenoxy) is 1. The summed E-state index contributed by atoms with van der Waals surface area (Å²) in [5, 5.41) is 0. The van der Waals surface area contributed by atoms with Crippen LogP contribution >= 0.6 is 0 Å². The molecule has 0 fully saturated rings. The molecule has 1 atom stereocenters. The number of sulfonamides is 1. The van der Waals surface area contributed by atoms with Crippen LogP contribution in [0.3, 0.4) is 0 Å². The van der Waals surface area contributed by atoms with Crippen molar-refractivity contribution in [2.24, 2.45) is 0 Å². The molecule has 0 bridgehead atoms.